The molecule has 1 aromatic rings. The van der Waals surface area contributed by atoms with Crippen LogP contribution in [0.2, 0.25) is 0 Å². The lowest BCUT2D eigenvalue weighted by atomic mass is 9.95. The van der Waals surface area contributed by atoms with E-state index in [-0.39, 0.29) is 41.5 Å². The van der Waals surface area contributed by atoms with Gasteiger partial charge in [-0.15, -0.1) is 24.0 Å². The number of guanidine groups is 1. The lowest BCUT2D eigenvalue weighted by Crippen LogP contribution is -2.54. The van der Waals surface area contributed by atoms with Crippen LogP contribution in [0.4, 0.5) is 0 Å². The van der Waals surface area contributed by atoms with E-state index in [1.165, 1.54) is 5.56 Å². The Labute approximate surface area is 210 Å². The summed E-state index contributed by atoms with van der Waals surface area (Å²) in [7, 11) is 1.83. The first-order valence-electron chi connectivity index (χ1n) is 11.5. The summed E-state index contributed by atoms with van der Waals surface area (Å²) in [4.78, 5) is 21.5. The fourth-order valence-corrected chi connectivity index (χ4v) is 4.47. The number of hydrogen-bond acceptors (Lipinski definition) is 4. The zero-order chi connectivity index (χ0) is 22.3. The number of rotatable bonds is 6. The highest BCUT2D eigenvalue weighted by Gasteiger charge is 2.31. The summed E-state index contributed by atoms with van der Waals surface area (Å²) < 4.78 is 5.37. The van der Waals surface area contributed by atoms with Gasteiger partial charge in [0, 0.05) is 57.3 Å². The average molecular weight is 558 g/mol. The van der Waals surface area contributed by atoms with E-state index in [0.717, 1.165) is 51.5 Å². The minimum Gasteiger partial charge on any atom is -0.378 e. The predicted molar refractivity (Wildman–Crippen MR) is 141 cm³/mol. The van der Waals surface area contributed by atoms with Crippen LogP contribution in [0, 0.1) is 5.92 Å². The molecule has 8 heteroatoms. The van der Waals surface area contributed by atoms with Crippen molar-refractivity contribution in [2.75, 3.05) is 53.0 Å². The summed E-state index contributed by atoms with van der Waals surface area (Å²) in [6, 6.07) is 10.8. The van der Waals surface area contributed by atoms with E-state index in [2.05, 4.69) is 65.6 Å². The summed E-state index contributed by atoms with van der Waals surface area (Å²) in [5.41, 5.74) is 1.18. The molecular formula is C24H40IN5O2. The highest BCUT2D eigenvalue weighted by molar-refractivity contribution is 14.0. The van der Waals surface area contributed by atoms with Gasteiger partial charge in [0.1, 0.15) is 0 Å². The van der Waals surface area contributed by atoms with E-state index in [0.29, 0.717) is 19.1 Å². The van der Waals surface area contributed by atoms with E-state index in [1.54, 1.807) is 0 Å². The summed E-state index contributed by atoms with van der Waals surface area (Å²) in [6.45, 7) is 11.9. The number of carbonyl (C=O) groups is 1. The maximum Gasteiger partial charge on any atom is 0.225 e. The average Bonchev–Trinajstić information content (AvgIpc) is 2.80. The van der Waals surface area contributed by atoms with Gasteiger partial charge >= 0.3 is 0 Å². The maximum absolute atomic E-state index is 12.8. The van der Waals surface area contributed by atoms with Crippen LogP contribution in [0.15, 0.2) is 35.3 Å². The van der Waals surface area contributed by atoms with Gasteiger partial charge in [-0.3, -0.25) is 9.79 Å². The van der Waals surface area contributed by atoms with Crippen molar-refractivity contribution in [1.29, 1.82) is 0 Å². The molecular weight excluding hydrogens is 517 g/mol. The number of nitrogens with zero attached hydrogens (tertiary/aromatic N) is 3. The topological polar surface area (TPSA) is 69.2 Å². The van der Waals surface area contributed by atoms with Crippen LogP contribution in [-0.2, 0) is 9.53 Å². The van der Waals surface area contributed by atoms with E-state index >= 15 is 0 Å². The quantitative estimate of drug-likeness (QED) is 0.320. The summed E-state index contributed by atoms with van der Waals surface area (Å²) >= 11 is 0. The lowest BCUT2D eigenvalue weighted by Gasteiger charge is -2.38. The van der Waals surface area contributed by atoms with Gasteiger partial charge in [-0.05, 0) is 39.2 Å². The van der Waals surface area contributed by atoms with Crippen LogP contribution in [-0.4, -0.2) is 80.2 Å². The molecule has 1 atom stereocenters. The number of halogens is 1. The minimum atomic E-state index is -0.101. The predicted octanol–water partition coefficient (Wildman–Crippen LogP) is 2.88. The SMILES string of the molecule is CN=C(NCC(C)(C)NC(C)c1ccccc1)N1CCC(C(=O)N2CCOCC2)CC1.I. The molecule has 0 radical (unpaired) electrons. The molecule has 7 nitrogen and oxygen atoms in total. The Balaban J connectivity index is 0.00000363. The normalized spacial score (nSPS) is 19.3. The number of carbonyl (C=O) groups excluding carboxylic acids is 1. The first-order valence-corrected chi connectivity index (χ1v) is 11.5. The van der Waals surface area contributed by atoms with Crippen LogP contribution in [0.3, 0.4) is 0 Å². The van der Waals surface area contributed by atoms with Crippen LogP contribution in [0.25, 0.3) is 0 Å². The van der Waals surface area contributed by atoms with Crippen molar-refractivity contribution in [2.24, 2.45) is 10.9 Å². The van der Waals surface area contributed by atoms with Crippen molar-refractivity contribution in [3.05, 3.63) is 35.9 Å². The second-order valence-corrected chi connectivity index (χ2v) is 9.26. The molecule has 0 bridgehead atoms. The number of piperidine rings is 1. The molecule has 1 unspecified atom stereocenters. The largest absolute Gasteiger partial charge is 0.378 e. The van der Waals surface area contributed by atoms with Crippen LogP contribution in [0.1, 0.15) is 45.2 Å². The third kappa shape index (κ3) is 7.59. The monoisotopic (exact) mass is 557 g/mol. The second-order valence-electron chi connectivity index (χ2n) is 9.26. The molecule has 2 fully saturated rings. The van der Waals surface area contributed by atoms with Crippen molar-refractivity contribution < 1.29 is 9.53 Å². The lowest BCUT2D eigenvalue weighted by molar-refractivity contribution is -0.140. The molecule has 2 aliphatic heterocycles. The molecule has 1 aromatic carbocycles. The fourth-order valence-electron chi connectivity index (χ4n) is 4.47. The van der Waals surface area contributed by atoms with Gasteiger partial charge in [-0.2, -0.15) is 0 Å². The number of benzene rings is 1. The Morgan fingerprint density at radius 2 is 1.75 bits per heavy atom. The smallest absolute Gasteiger partial charge is 0.225 e. The third-order valence-corrected chi connectivity index (χ3v) is 6.27. The molecule has 0 spiro atoms. The first kappa shape index (κ1) is 26.9. The number of ether oxygens (including phenoxy) is 1. The molecule has 180 valence electrons. The molecule has 2 N–H and O–H groups in total. The van der Waals surface area contributed by atoms with Crippen LogP contribution >= 0.6 is 24.0 Å². The van der Waals surface area contributed by atoms with E-state index in [1.807, 2.05) is 18.0 Å². The number of morpholine rings is 1. The van der Waals surface area contributed by atoms with E-state index in [4.69, 9.17) is 4.74 Å². The number of amides is 1. The first-order chi connectivity index (χ1) is 14.9. The Morgan fingerprint density at radius 1 is 1.12 bits per heavy atom. The van der Waals surface area contributed by atoms with Crippen molar-refractivity contribution >= 4 is 35.8 Å². The van der Waals surface area contributed by atoms with E-state index < -0.39 is 0 Å². The molecule has 2 aliphatic rings. The minimum absolute atomic E-state index is 0. The molecule has 2 heterocycles. The molecule has 32 heavy (non-hydrogen) atoms. The highest BCUT2D eigenvalue weighted by atomic mass is 127. The third-order valence-electron chi connectivity index (χ3n) is 6.27. The Kier molecular flexibility index (Phi) is 10.7. The Bertz CT molecular complexity index is 729. The van der Waals surface area contributed by atoms with Gasteiger partial charge in [0.2, 0.25) is 5.91 Å². The zero-order valence-corrected chi connectivity index (χ0v) is 22.3. The number of aliphatic imine (C=N–C) groups is 1. The summed E-state index contributed by atoms with van der Waals surface area (Å²) in [6.07, 6.45) is 1.76. The molecule has 1 amide bonds. The number of hydrogen-bond donors (Lipinski definition) is 2. The van der Waals surface area contributed by atoms with Crippen molar-refractivity contribution in [3.8, 4) is 0 Å². The molecule has 2 saturated heterocycles. The van der Waals surface area contributed by atoms with Gasteiger partial charge in [0.05, 0.1) is 13.2 Å². The molecule has 0 aromatic heterocycles. The van der Waals surface area contributed by atoms with Gasteiger partial charge in [-0.1, -0.05) is 30.3 Å². The van der Waals surface area contributed by atoms with Gasteiger partial charge in [0.25, 0.3) is 0 Å². The summed E-state index contributed by atoms with van der Waals surface area (Å²) in [5, 5.41) is 7.26. The van der Waals surface area contributed by atoms with Gasteiger partial charge < -0.3 is 25.2 Å². The Hall–Kier alpha value is -1.39. The Morgan fingerprint density at radius 3 is 2.34 bits per heavy atom. The zero-order valence-electron chi connectivity index (χ0n) is 20.0. The molecule has 0 saturated carbocycles. The number of nitrogens with one attached hydrogen (secondary N) is 2. The fraction of sp³-hybridized carbons (Fsp3) is 0.667. The van der Waals surface area contributed by atoms with E-state index in [9.17, 15) is 4.79 Å². The molecule has 0 aliphatic carbocycles. The molecule has 3 rings (SSSR count). The van der Waals surface area contributed by atoms with Crippen molar-refractivity contribution in [2.45, 2.75) is 45.2 Å². The van der Waals surface area contributed by atoms with Crippen LogP contribution in [0.5, 0.6) is 0 Å². The summed E-state index contributed by atoms with van der Waals surface area (Å²) in [5.74, 6) is 1.34. The van der Waals surface area contributed by atoms with Gasteiger partial charge in [-0.25, -0.2) is 0 Å². The maximum atomic E-state index is 12.8. The van der Waals surface area contributed by atoms with Crippen molar-refractivity contribution in [1.82, 2.24) is 20.4 Å². The van der Waals surface area contributed by atoms with Gasteiger partial charge in [0.15, 0.2) is 5.96 Å². The standard InChI is InChI=1S/C24H39N5O2.HI/c1-19(20-8-6-5-7-9-20)27-24(2,3)18-26-23(25-4)29-12-10-21(11-13-29)22(30)28-14-16-31-17-15-28;/h5-9,19,21,27H,10-18H2,1-4H3,(H,25,26);1H. The van der Waals surface area contributed by atoms with Crippen LogP contribution < -0.4 is 10.6 Å². The highest BCUT2D eigenvalue weighted by Crippen LogP contribution is 2.21. The number of likely N-dealkylation sites (tertiary alicyclic amines) is 1. The van der Waals surface area contributed by atoms with Crippen molar-refractivity contribution in [3.63, 3.8) is 0 Å². The second kappa shape index (κ2) is 12.7.